The Labute approximate surface area is 154 Å². The Bertz CT molecular complexity index is 730. The van der Waals surface area contributed by atoms with E-state index in [1.807, 2.05) is 0 Å². The molecule has 1 N–H and O–H groups in total. The van der Waals surface area contributed by atoms with Gasteiger partial charge in [-0.25, -0.2) is 4.98 Å². The minimum absolute atomic E-state index is 0.0435. The molecule has 9 heteroatoms. The number of carboxylic acid groups (broad SMARTS) is 1. The predicted octanol–water partition coefficient (Wildman–Crippen LogP) is 2.75. The summed E-state index contributed by atoms with van der Waals surface area (Å²) in [5, 5.41) is 9.28. The van der Waals surface area contributed by atoms with E-state index in [1.54, 1.807) is 4.90 Å². The molecule has 1 unspecified atom stereocenters. The van der Waals surface area contributed by atoms with Crippen molar-refractivity contribution in [1.29, 1.82) is 0 Å². The Kier molecular flexibility index (Phi) is 5.41. The van der Waals surface area contributed by atoms with Gasteiger partial charge in [-0.3, -0.25) is 9.59 Å². The number of halogens is 3. The highest BCUT2D eigenvalue weighted by molar-refractivity contribution is 5.95. The molecule has 148 valence electrons. The third kappa shape index (κ3) is 4.07. The number of aryl methyl sites for hydroxylation is 1. The number of amides is 1. The summed E-state index contributed by atoms with van der Waals surface area (Å²) < 4.78 is 43.8. The number of likely N-dealkylation sites (tertiary alicyclic amines) is 1. The van der Waals surface area contributed by atoms with E-state index in [-0.39, 0.29) is 29.2 Å². The highest BCUT2D eigenvalue weighted by Gasteiger charge is 2.41. The second-order valence-electron chi connectivity index (χ2n) is 7.03. The molecule has 1 aromatic rings. The van der Waals surface area contributed by atoms with Gasteiger partial charge in [-0.15, -0.1) is 0 Å². The summed E-state index contributed by atoms with van der Waals surface area (Å²) in [6.45, 7) is 2.64. The van der Waals surface area contributed by atoms with Crippen LogP contribution < -0.4 is 0 Å². The molecule has 27 heavy (non-hydrogen) atoms. The maximum atomic E-state index is 12.7. The van der Waals surface area contributed by atoms with Crippen LogP contribution in [0.25, 0.3) is 0 Å². The van der Waals surface area contributed by atoms with Crippen molar-refractivity contribution in [3.63, 3.8) is 0 Å². The van der Waals surface area contributed by atoms with Gasteiger partial charge < -0.3 is 14.7 Å². The number of piperidine rings is 1. The van der Waals surface area contributed by atoms with E-state index in [9.17, 15) is 27.9 Å². The van der Waals surface area contributed by atoms with E-state index >= 15 is 0 Å². The van der Waals surface area contributed by atoms with Gasteiger partial charge >= 0.3 is 12.1 Å². The normalized spacial score (nSPS) is 24.2. The van der Waals surface area contributed by atoms with Gasteiger partial charge in [0.25, 0.3) is 5.91 Å². The standard InChI is InChI=1S/C18H21F3N2O4/c1-10-12(2-3-14(22-10)18(19,20)21)16(24)23-7-4-11(5-8-23)15-13(17(25)26)6-9-27-15/h2-3,11,13,15H,4-9H2,1H3,(H,25,26)/t13?,15-/m0/s1. The fourth-order valence-corrected chi connectivity index (χ4v) is 3.89. The summed E-state index contributed by atoms with van der Waals surface area (Å²) in [5.74, 6) is -1.67. The highest BCUT2D eigenvalue weighted by atomic mass is 19.4. The SMILES string of the molecule is Cc1nc(C(F)(F)F)ccc1C(=O)N1CCC([C@@H]2OCCC2C(=O)O)CC1. The lowest BCUT2D eigenvalue weighted by Crippen LogP contribution is -2.43. The van der Waals surface area contributed by atoms with E-state index in [0.717, 1.165) is 6.07 Å². The second-order valence-corrected chi connectivity index (χ2v) is 7.03. The number of hydrogen-bond donors (Lipinski definition) is 1. The van der Waals surface area contributed by atoms with Crippen LogP contribution in [-0.4, -0.2) is 52.7 Å². The summed E-state index contributed by atoms with van der Waals surface area (Å²) >= 11 is 0. The first kappa shape index (κ1) is 19.6. The molecule has 2 fully saturated rings. The summed E-state index contributed by atoms with van der Waals surface area (Å²) in [4.78, 5) is 29.1. The van der Waals surface area contributed by atoms with Gasteiger partial charge in [-0.05, 0) is 44.2 Å². The first-order valence-corrected chi connectivity index (χ1v) is 8.87. The van der Waals surface area contributed by atoms with E-state index in [4.69, 9.17) is 4.74 Å². The summed E-state index contributed by atoms with van der Waals surface area (Å²) in [6.07, 6.45) is -3.18. The van der Waals surface area contributed by atoms with Crippen LogP contribution in [0, 0.1) is 18.8 Å². The number of carbonyl (C=O) groups excluding carboxylic acids is 1. The summed E-state index contributed by atoms with van der Waals surface area (Å²) in [6, 6.07) is 1.98. The average Bonchev–Trinajstić information content (AvgIpc) is 3.10. The van der Waals surface area contributed by atoms with E-state index in [0.29, 0.717) is 39.0 Å². The molecule has 0 aliphatic carbocycles. The minimum atomic E-state index is -4.55. The van der Waals surface area contributed by atoms with Crippen molar-refractivity contribution in [2.75, 3.05) is 19.7 Å². The van der Waals surface area contributed by atoms with Crippen LogP contribution >= 0.6 is 0 Å². The van der Waals surface area contributed by atoms with Gasteiger partial charge in [0.05, 0.1) is 23.3 Å². The van der Waals surface area contributed by atoms with Gasteiger partial charge in [0, 0.05) is 19.7 Å². The molecule has 1 amide bonds. The van der Waals surface area contributed by atoms with Crippen molar-refractivity contribution in [2.24, 2.45) is 11.8 Å². The lowest BCUT2D eigenvalue weighted by atomic mass is 9.84. The molecule has 6 nitrogen and oxygen atoms in total. The molecule has 0 bridgehead atoms. The van der Waals surface area contributed by atoms with Crippen LogP contribution in [0.2, 0.25) is 0 Å². The van der Waals surface area contributed by atoms with Crippen molar-refractivity contribution < 1.29 is 32.6 Å². The zero-order valence-corrected chi connectivity index (χ0v) is 14.8. The molecule has 2 aliphatic rings. The number of hydrogen-bond acceptors (Lipinski definition) is 4. The van der Waals surface area contributed by atoms with E-state index in [1.165, 1.54) is 13.0 Å². The largest absolute Gasteiger partial charge is 0.481 e. The molecule has 2 aliphatic heterocycles. The molecule has 3 rings (SSSR count). The second kappa shape index (κ2) is 7.46. The van der Waals surface area contributed by atoms with Crippen LogP contribution in [-0.2, 0) is 15.7 Å². The smallest absolute Gasteiger partial charge is 0.433 e. The Morgan fingerprint density at radius 1 is 1.22 bits per heavy atom. The molecule has 1 aromatic heterocycles. The van der Waals surface area contributed by atoms with E-state index < -0.39 is 23.8 Å². The maximum Gasteiger partial charge on any atom is 0.433 e. The van der Waals surface area contributed by atoms with Crippen molar-refractivity contribution in [1.82, 2.24) is 9.88 Å². The molecular formula is C18H21F3N2O4. The Balaban J connectivity index is 1.64. The topological polar surface area (TPSA) is 79.7 Å². The maximum absolute atomic E-state index is 12.7. The Hall–Kier alpha value is -2.16. The summed E-state index contributed by atoms with van der Waals surface area (Å²) in [5.41, 5.74) is -0.822. The summed E-state index contributed by atoms with van der Waals surface area (Å²) in [7, 11) is 0. The molecule has 0 spiro atoms. The third-order valence-corrected chi connectivity index (χ3v) is 5.35. The molecular weight excluding hydrogens is 365 g/mol. The van der Waals surface area contributed by atoms with Crippen LogP contribution in [0.3, 0.4) is 0 Å². The monoisotopic (exact) mass is 386 g/mol. The van der Waals surface area contributed by atoms with Gasteiger partial charge in [0.2, 0.25) is 0 Å². The number of pyridine rings is 1. The lowest BCUT2D eigenvalue weighted by molar-refractivity contribution is -0.145. The first-order chi connectivity index (χ1) is 12.7. The van der Waals surface area contributed by atoms with Gasteiger partial charge in [-0.2, -0.15) is 13.2 Å². The lowest BCUT2D eigenvalue weighted by Gasteiger charge is -2.35. The van der Waals surface area contributed by atoms with Gasteiger partial charge in [-0.1, -0.05) is 0 Å². The average molecular weight is 386 g/mol. The Morgan fingerprint density at radius 3 is 2.44 bits per heavy atom. The zero-order chi connectivity index (χ0) is 19.8. The van der Waals surface area contributed by atoms with E-state index in [2.05, 4.69) is 4.98 Å². The molecule has 2 saturated heterocycles. The fourth-order valence-electron chi connectivity index (χ4n) is 3.89. The molecule has 2 atom stereocenters. The number of alkyl halides is 3. The number of carboxylic acids is 1. The number of ether oxygens (including phenoxy) is 1. The number of aromatic nitrogens is 1. The third-order valence-electron chi connectivity index (χ3n) is 5.35. The quantitative estimate of drug-likeness (QED) is 0.864. The van der Waals surface area contributed by atoms with Crippen LogP contribution in [0.4, 0.5) is 13.2 Å². The van der Waals surface area contributed by atoms with Crippen molar-refractivity contribution in [3.05, 3.63) is 29.1 Å². The van der Waals surface area contributed by atoms with Crippen LogP contribution in [0.5, 0.6) is 0 Å². The fraction of sp³-hybridized carbons (Fsp3) is 0.611. The highest BCUT2D eigenvalue weighted by Crippen LogP contribution is 2.34. The molecule has 0 radical (unpaired) electrons. The van der Waals surface area contributed by atoms with Gasteiger partial charge in [0.15, 0.2) is 0 Å². The van der Waals surface area contributed by atoms with Gasteiger partial charge in [0.1, 0.15) is 5.69 Å². The molecule has 0 saturated carbocycles. The number of rotatable bonds is 3. The first-order valence-electron chi connectivity index (χ1n) is 8.87. The van der Waals surface area contributed by atoms with Crippen molar-refractivity contribution in [2.45, 2.75) is 38.5 Å². The van der Waals surface area contributed by atoms with Crippen molar-refractivity contribution >= 4 is 11.9 Å². The number of nitrogens with zero attached hydrogens (tertiary/aromatic N) is 2. The predicted molar refractivity (Wildman–Crippen MR) is 88.1 cm³/mol. The minimum Gasteiger partial charge on any atom is -0.481 e. The number of aliphatic carboxylic acids is 1. The van der Waals surface area contributed by atoms with Crippen molar-refractivity contribution in [3.8, 4) is 0 Å². The zero-order valence-electron chi connectivity index (χ0n) is 14.8. The van der Waals surface area contributed by atoms with Crippen LogP contribution in [0.15, 0.2) is 12.1 Å². The number of carbonyl (C=O) groups is 2. The molecule has 0 aromatic carbocycles. The van der Waals surface area contributed by atoms with Crippen LogP contribution in [0.1, 0.15) is 41.0 Å². The Morgan fingerprint density at radius 2 is 1.89 bits per heavy atom. The molecule has 3 heterocycles.